The maximum absolute atomic E-state index is 12.2. The summed E-state index contributed by atoms with van der Waals surface area (Å²) in [6, 6.07) is 1.73. The van der Waals surface area contributed by atoms with Gasteiger partial charge in [-0.15, -0.1) is 0 Å². The van der Waals surface area contributed by atoms with Gasteiger partial charge >= 0.3 is 0 Å². The molecule has 1 saturated carbocycles. The highest BCUT2D eigenvalue weighted by Crippen LogP contribution is 2.32. The van der Waals surface area contributed by atoms with Crippen LogP contribution in [0.3, 0.4) is 0 Å². The first-order chi connectivity index (χ1) is 8.76. The second-order valence-electron chi connectivity index (χ2n) is 4.60. The van der Waals surface area contributed by atoms with Gasteiger partial charge in [-0.3, -0.25) is 9.78 Å². The summed E-state index contributed by atoms with van der Waals surface area (Å²) in [6.45, 7) is 0.572. The summed E-state index contributed by atoms with van der Waals surface area (Å²) in [5.74, 6) is 0.961. The number of ether oxygens (including phenoxy) is 1. The molecule has 0 aliphatic heterocycles. The van der Waals surface area contributed by atoms with E-state index in [-0.39, 0.29) is 11.8 Å². The Morgan fingerprint density at radius 3 is 3.17 bits per heavy atom. The molecule has 2 atom stereocenters. The highest BCUT2D eigenvalue weighted by molar-refractivity contribution is 5.94. The Bertz CT molecular complexity index is 422. The van der Waals surface area contributed by atoms with E-state index in [0.29, 0.717) is 23.9 Å². The number of anilines is 1. The molecule has 1 aliphatic carbocycles. The standard InChI is InChI=1S/C13H19N3O2/c1-18-12-5-6-15-8-11(12)16-13(17)10-4-2-3-9(10)7-14/h5-6,8-10H,2-4,7,14H2,1H3,(H,16,17)/t9-,10-/m1/s1. The number of nitrogens with two attached hydrogens (primary N) is 1. The molecule has 3 N–H and O–H groups in total. The Labute approximate surface area is 107 Å². The highest BCUT2D eigenvalue weighted by Gasteiger charge is 2.32. The molecule has 5 nitrogen and oxygen atoms in total. The van der Waals surface area contributed by atoms with Crippen LogP contribution in [0.2, 0.25) is 0 Å². The number of rotatable bonds is 4. The van der Waals surface area contributed by atoms with E-state index in [9.17, 15) is 4.79 Å². The number of hydrogen-bond acceptors (Lipinski definition) is 4. The molecule has 2 rings (SSSR count). The van der Waals surface area contributed by atoms with Crippen LogP contribution in [0.15, 0.2) is 18.5 Å². The summed E-state index contributed by atoms with van der Waals surface area (Å²) in [7, 11) is 1.57. The van der Waals surface area contributed by atoms with Crippen LogP contribution in [0, 0.1) is 11.8 Å². The van der Waals surface area contributed by atoms with E-state index in [1.807, 2.05) is 0 Å². The van der Waals surface area contributed by atoms with Gasteiger partial charge in [-0.2, -0.15) is 0 Å². The number of pyridine rings is 1. The molecule has 18 heavy (non-hydrogen) atoms. The van der Waals surface area contributed by atoms with Gasteiger partial charge in [-0.05, 0) is 25.3 Å². The first kappa shape index (κ1) is 12.8. The number of carbonyl (C=O) groups excluding carboxylic acids is 1. The van der Waals surface area contributed by atoms with Crippen LogP contribution in [-0.2, 0) is 4.79 Å². The summed E-state index contributed by atoms with van der Waals surface area (Å²) in [4.78, 5) is 16.2. The fourth-order valence-corrected chi connectivity index (χ4v) is 2.54. The van der Waals surface area contributed by atoms with Crippen LogP contribution in [0.25, 0.3) is 0 Å². The maximum Gasteiger partial charge on any atom is 0.227 e. The zero-order valence-corrected chi connectivity index (χ0v) is 10.6. The average molecular weight is 249 g/mol. The topological polar surface area (TPSA) is 77.2 Å². The Hall–Kier alpha value is -1.62. The van der Waals surface area contributed by atoms with Gasteiger partial charge in [0, 0.05) is 18.2 Å². The monoisotopic (exact) mass is 249 g/mol. The predicted molar refractivity (Wildman–Crippen MR) is 69.3 cm³/mol. The van der Waals surface area contributed by atoms with Gasteiger partial charge in [0.15, 0.2) is 0 Å². The summed E-state index contributed by atoms with van der Waals surface area (Å²) in [5, 5.41) is 2.89. The van der Waals surface area contributed by atoms with E-state index in [4.69, 9.17) is 10.5 Å². The molecule has 1 aliphatic rings. The average Bonchev–Trinajstić information content (AvgIpc) is 2.87. The minimum Gasteiger partial charge on any atom is -0.494 e. The number of carbonyl (C=O) groups is 1. The Morgan fingerprint density at radius 2 is 2.44 bits per heavy atom. The van der Waals surface area contributed by atoms with E-state index in [1.165, 1.54) is 0 Å². The fourth-order valence-electron chi connectivity index (χ4n) is 2.54. The van der Waals surface area contributed by atoms with Gasteiger partial charge < -0.3 is 15.8 Å². The highest BCUT2D eigenvalue weighted by atomic mass is 16.5. The van der Waals surface area contributed by atoms with Crippen LogP contribution < -0.4 is 15.8 Å². The second kappa shape index (κ2) is 5.82. The molecular formula is C13H19N3O2. The number of amides is 1. The molecule has 1 aromatic heterocycles. The van der Waals surface area contributed by atoms with Crippen LogP contribution in [0.1, 0.15) is 19.3 Å². The molecule has 0 spiro atoms. The Morgan fingerprint density at radius 1 is 1.61 bits per heavy atom. The lowest BCUT2D eigenvalue weighted by molar-refractivity contribution is -0.120. The second-order valence-corrected chi connectivity index (χ2v) is 4.60. The third kappa shape index (κ3) is 2.61. The molecule has 1 heterocycles. The number of hydrogen-bond donors (Lipinski definition) is 2. The molecule has 0 saturated heterocycles. The number of nitrogens with zero attached hydrogens (tertiary/aromatic N) is 1. The van der Waals surface area contributed by atoms with E-state index in [0.717, 1.165) is 19.3 Å². The summed E-state index contributed by atoms with van der Waals surface area (Å²) >= 11 is 0. The van der Waals surface area contributed by atoms with Gasteiger partial charge in [-0.25, -0.2) is 0 Å². The molecule has 98 valence electrons. The third-order valence-corrected chi connectivity index (χ3v) is 3.56. The van der Waals surface area contributed by atoms with E-state index in [2.05, 4.69) is 10.3 Å². The number of nitrogens with one attached hydrogen (secondary N) is 1. The molecule has 0 radical (unpaired) electrons. The van der Waals surface area contributed by atoms with Crippen LogP contribution in [0.5, 0.6) is 5.75 Å². The van der Waals surface area contributed by atoms with Crippen molar-refractivity contribution in [2.45, 2.75) is 19.3 Å². The van der Waals surface area contributed by atoms with Crippen molar-refractivity contribution < 1.29 is 9.53 Å². The molecule has 0 aromatic carbocycles. The lowest BCUT2D eigenvalue weighted by atomic mass is 9.95. The zero-order valence-electron chi connectivity index (χ0n) is 10.6. The van der Waals surface area contributed by atoms with Crippen LogP contribution in [-0.4, -0.2) is 24.5 Å². The van der Waals surface area contributed by atoms with Crippen molar-refractivity contribution in [3.63, 3.8) is 0 Å². The normalized spacial score (nSPS) is 22.8. The minimum absolute atomic E-state index is 0.0138. The van der Waals surface area contributed by atoms with Crippen molar-refractivity contribution >= 4 is 11.6 Å². The maximum atomic E-state index is 12.2. The van der Waals surface area contributed by atoms with Crippen molar-refractivity contribution in [2.24, 2.45) is 17.6 Å². The molecular weight excluding hydrogens is 230 g/mol. The van der Waals surface area contributed by atoms with Crippen molar-refractivity contribution in [3.8, 4) is 5.75 Å². The molecule has 1 aromatic rings. The van der Waals surface area contributed by atoms with Crippen LogP contribution in [0.4, 0.5) is 5.69 Å². The summed E-state index contributed by atoms with van der Waals surface area (Å²) in [5.41, 5.74) is 6.31. The smallest absolute Gasteiger partial charge is 0.227 e. The van der Waals surface area contributed by atoms with Gasteiger partial charge in [-0.1, -0.05) is 6.42 Å². The third-order valence-electron chi connectivity index (χ3n) is 3.56. The van der Waals surface area contributed by atoms with Crippen LogP contribution >= 0.6 is 0 Å². The van der Waals surface area contributed by atoms with E-state index in [1.54, 1.807) is 25.6 Å². The molecule has 1 amide bonds. The molecule has 5 heteroatoms. The lowest BCUT2D eigenvalue weighted by Crippen LogP contribution is -2.29. The zero-order chi connectivity index (χ0) is 13.0. The number of methoxy groups -OCH3 is 1. The first-order valence-electron chi connectivity index (χ1n) is 6.25. The van der Waals surface area contributed by atoms with Crippen molar-refractivity contribution in [1.29, 1.82) is 0 Å². The quantitative estimate of drug-likeness (QED) is 0.845. The summed E-state index contributed by atoms with van der Waals surface area (Å²) in [6.07, 6.45) is 6.26. The molecule has 0 unspecified atom stereocenters. The lowest BCUT2D eigenvalue weighted by Gasteiger charge is -2.18. The molecule has 0 bridgehead atoms. The van der Waals surface area contributed by atoms with Gasteiger partial charge in [0.25, 0.3) is 0 Å². The SMILES string of the molecule is COc1ccncc1NC(=O)[C@@H]1CCC[C@@H]1CN. The van der Waals surface area contributed by atoms with Gasteiger partial charge in [0.05, 0.1) is 13.3 Å². The van der Waals surface area contributed by atoms with E-state index < -0.39 is 0 Å². The van der Waals surface area contributed by atoms with Crippen molar-refractivity contribution in [2.75, 3.05) is 19.0 Å². The number of aromatic nitrogens is 1. The largest absolute Gasteiger partial charge is 0.494 e. The fraction of sp³-hybridized carbons (Fsp3) is 0.538. The minimum atomic E-state index is 0.0138. The Kier molecular flexibility index (Phi) is 4.15. The van der Waals surface area contributed by atoms with Gasteiger partial charge in [0.1, 0.15) is 11.4 Å². The van der Waals surface area contributed by atoms with E-state index >= 15 is 0 Å². The van der Waals surface area contributed by atoms with Gasteiger partial charge in [0.2, 0.25) is 5.91 Å². The molecule has 1 fully saturated rings. The first-order valence-corrected chi connectivity index (χ1v) is 6.25. The van der Waals surface area contributed by atoms with Crippen molar-refractivity contribution in [1.82, 2.24) is 4.98 Å². The summed E-state index contributed by atoms with van der Waals surface area (Å²) < 4.78 is 5.18. The van der Waals surface area contributed by atoms with Crippen molar-refractivity contribution in [3.05, 3.63) is 18.5 Å². The predicted octanol–water partition coefficient (Wildman–Crippen LogP) is 1.40. The Balaban J connectivity index is 2.07.